The first kappa shape index (κ1) is 15.9. The third-order valence-corrected chi connectivity index (χ3v) is 4.10. The molecular weight excluding hydrogens is 290 g/mol. The highest BCUT2D eigenvalue weighted by atomic mass is 16.5. The molecule has 0 aliphatic carbocycles. The second kappa shape index (κ2) is 7.53. The Labute approximate surface area is 136 Å². The van der Waals surface area contributed by atoms with Crippen molar-refractivity contribution in [1.82, 2.24) is 15.2 Å². The molecule has 0 bridgehead atoms. The van der Waals surface area contributed by atoms with Gasteiger partial charge in [-0.3, -0.25) is 14.7 Å². The largest absolute Gasteiger partial charge is 0.375 e. The van der Waals surface area contributed by atoms with Crippen LogP contribution in [0, 0.1) is 0 Å². The fourth-order valence-corrected chi connectivity index (χ4v) is 2.93. The van der Waals surface area contributed by atoms with Crippen LogP contribution in [0.2, 0.25) is 0 Å². The second-order valence-electron chi connectivity index (χ2n) is 5.99. The molecule has 5 nitrogen and oxygen atoms in total. The van der Waals surface area contributed by atoms with Crippen LogP contribution < -0.4 is 5.32 Å². The lowest BCUT2D eigenvalue weighted by Crippen LogP contribution is -2.43. The van der Waals surface area contributed by atoms with Gasteiger partial charge in [-0.2, -0.15) is 0 Å². The molecule has 2 heterocycles. The lowest BCUT2D eigenvalue weighted by atomic mass is 10.1. The van der Waals surface area contributed by atoms with Gasteiger partial charge in [0.2, 0.25) is 5.91 Å². The predicted molar refractivity (Wildman–Crippen MR) is 90.1 cm³/mol. The van der Waals surface area contributed by atoms with E-state index in [-0.39, 0.29) is 12.0 Å². The molecule has 23 heavy (non-hydrogen) atoms. The van der Waals surface area contributed by atoms with Gasteiger partial charge in [0.15, 0.2) is 0 Å². The monoisotopic (exact) mass is 313 g/mol. The molecule has 3 rings (SSSR count). The number of benzene rings is 1. The summed E-state index contributed by atoms with van der Waals surface area (Å²) >= 11 is 0. The molecule has 1 aliphatic rings. The van der Waals surface area contributed by atoms with Crippen molar-refractivity contribution in [3.8, 4) is 0 Å². The highest BCUT2D eigenvalue weighted by Gasteiger charge is 2.20. The van der Waals surface area contributed by atoms with Crippen molar-refractivity contribution in [1.29, 1.82) is 0 Å². The van der Waals surface area contributed by atoms with Crippen molar-refractivity contribution < 1.29 is 9.53 Å². The molecular formula is C18H23N3O2. The number of hydrogen-bond donors (Lipinski definition) is 1. The molecule has 0 saturated carbocycles. The Morgan fingerprint density at radius 3 is 3.09 bits per heavy atom. The molecule has 1 amide bonds. The lowest BCUT2D eigenvalue weighted by Gasteiger charge is -2.32. The van der Waals surface area contributed by atoms with Crippen molar-refractivity contribution in [2.24, 2.45) is 0 Å². The van der Waals surface area contributed by atoms with Crippen LogP contribution in [0.3, 0.4) is 0 Å². The number of carbonyl (C=O) groups excluding carboxylic acids is 1. The van der Waals surface area contributed by atoms with Crippen molar-refractivity contribution in [2.45, 2.75) is 26.0 Å². The van der Waals surface area contributed by atoms with Gasteiger partial charge in [-0.15, -0.1) is 0 Å². The van der Waals surface area contributed by atoms with Gasteiger partial charge in [0.25, 0.3) is 0 Å². The Balaban J connectivity index is 1.56. The second-order valence-corrected chi connectivity index (χ2v) is 5.99. The Bertz CT molecular complexity index is 674. The number of para-hydroxylation sites is 1. The Morgan fingerprint density at radius 1 is 1.35 bits per heavy atom. The number of hydrogen-bond acceptors (Lipinski definition) is 4. The molecule has 1 aromatic heterocycles. The summed E-state index contributed by atoms with van der Waals surface area (Å²) in [6.07, 6.45) is 1.03. The molecule has 2 aromatic rings. The van der Waals surface area contributed by atoms with Crippen LogP contribution >= 0.6 is 0 Å². The molecule has 1 N–H and O–H groups in total. The minimum atomic E-state index is 0.0121. The summed E-state index contributed by atoms with van der Waals surface area (Å²) in [5.41, 5.74) is 2.13. The Morgan fingerprint density at radius 2 is 2.22 bits per heavy atom. The van der Waals surface area contributed by atoms with Gasteiger partial charge >= 0.3 is 0 Å². The number of carbonyl (C=O) groups is 1. The van der Waals surface area contributed by atoms with Crippen molar-refractivity contribution in [3.05, 3.63) is 42.1 Å². The highest BCUT2D eigenvalue weighted by Crippen LogP contribution is 2.15. The normalized spacial score (nSPS) is 18.9. The fraction of sp³-hybridized carbons (Fsp3) is 0.444. The molecule has 122 valence electrons. The number of nitrogens with zero attached hydrogens (tertiary/aromatic N) is 2. The maximum atomic E-state index is 10.9. The number of aromatic nitrogens is 1. The number of nitrogens with one attached hydrogen (secondary N) is 1. The van der Waals surface area contributed by atoms with Gasteiger partial charge in [-0.05, 0) is 18.6 Å². The maximum absolute atomic E-state index is 10.9. The topological polar surface area (TPSA) is 54.5 Å². The third kappa shape index (κ3) is 4.50. The van der Waals surface area contributed by atoms with Gasteiger partial charge in [0.05, 0.1) is 23.9 Å². The zero-order valence-electron chi connectivity index (χ0n) is 13.5. The summed E-state index contributed by atoms with van der Waals surface area (Å²) in [5.74, 6) is 0.0121. The summed E-state index contributed by atoms with van der Waals surface area (Å²) in [7, 11) is 0. The summed E-state index contributed by atoms with van der Waals surface area (Å²) in [6, 6.07) is 12.4. The van der Waals surface area contributed by atoms with E-state index in [9.17, 15) is 4.79 Å². The number of morpholine rings is 1. The van der Waals surface area contributed by atoms with Crippen molar-refractivity contribution >= 4 is 16.8 Å². The Hall–Kier alpha value is -1.98. The lowest BCUT2D eigenvalue weighted by molar-refractivity contribution is -0.119. The van der Waals surface area contributed by atoms with E-state index in [0.717, 1.165) is 43.9 Å². The van der Waals surface area contributed by atoms with Crippen LogP contribution in [0.25, 0.3) is 10.9 Å². The smallest absolute Gasteiger partial charge is 0.216 e. The highest BCUT2D eigenvalue weighted by molar-refractivity contribution is 5.78. The van der Waals surface area contributed by atoms with E-state index in [2.05, 4.69) is 28.4 Å². The van der Waals surface area contributed by atoms with Crippen LogP contribution in [-0.4, -0.2) is 48.1 Å². The van der Waals surface area contributed by atoms with Crippen LogP contribution in [0.15, 0.2) is 36.4 Å². The van der Waals surface area contributed by atoms with E-state index in [1.807, 2.05) is 18.2 Å². The zero-order valence-corrected chi connectivity index (χ0v) is 13.5. The molecule has 1 atom stereocenters. The van der Waals surface area contributed by atoms with E-state index >= 15 is 0 Å². The third-order valence-electron chi connectivity index (χ3n) is 4.10. The van der Waals surface area contributed by atoms with Gasteiger partial charge < -0.3 is 10.1 Å². The summed E-state index contributed by atoms with van der Waals surface area (Å²) < 4.78 is 5.78. The first-order chi connectivity index (χ1) is 11.2. The SMILES string of the molecule is CC(=O)NCCC1CN(Cc2ccc3ccccc3n2)CCO1. The van der Waals surface area contributed by atoms with E-state index in [1.54, 1.807) is 6.92 Å². The van der Waals surface area contributed by atoms with E-state index in [1.165, 1.54) is 5.39 Å². The van der Waals surface area contributed by atoms with Gasteiger partial charge in [-0.1, -0.05) is 24.3 Å². The maximum Gasteiger partial charge on any atom is 0.216 e. The minimum absolute atomic E-state index is 0.0121. The van der Waals surface area contributed by atoms with Gasteiger partial charge in [0, 0.05) is 38.5 Å². The molecule has 0 spiro atoms. The molecule has 1 aliphatic heterocycles. The number of rotatable bonds is 5. The molecule has 1 aromatic carbocycles. The van der Waals surface area contributed by atoms with E-state index < -0.39 is 0 Å². The van der Waals surface area contributed by atoms with Crippen LogP contribution in [0.4, 0.5) is 0 Å². The number of ether oxygens (including phenoxy) is 1. The fourth-order valence-electron chi connectivity index (χ4n) is 2.93. The predicted octanol–water partition coefficient (Wildman–Crippen LogP) is 1.96. The van der Waals surface area contributed by atoms with Crippen molar-refractivity contribution in [2.75, 3.05) is 26.2 Å². The minimum Gasteiger partial charge on any atom is -0.375 e. The molecule has 1 unspecified atom stereocenters. The number of fused-ring (bicyclic) bond motifs is 1. The first-order valence-corrected chi connectivity index (χ1v) is 8.14. The molecule has 0 radical (unpaired) electrons. The molecule has 5 heteroatoms. The number of amides is 1. The molecule has 1 fully saturated rings. The summed E-state index contributed by atoms with van der Waals surface area (Å²) in [6.45, 7) is 5.59. The average molecular weight is 313 g/mol. The Kier molecular flexibility index (Phi) is 5.20. The zero-order chi connectivity index (χ0) is 16.1. The van der Waals surface area contributed by atoms with E-state index in [4.69, 9.17) is 9.72 Å². The number of pyridine rings is 1. The van der Waals surface area contributed by atoms with Crippen LogP contribution in [-0.2, 0) is 16.1 Å². The quantitative estimate of drug-likeness (QED) is 0.917. The first-order valence-electron chi connectivity index (χ1n) is 8.14. The summed E-state index contributed by atoms with van der Waals surface area (Å²) in [4.78, 5) is 18.0. The van der Waals surface area contributed by atoms with Crippen LogP contribution in [0.5, 0.6) is 0 Å². The average Bonchev–Trinajstić information content (AvgIpc) is 2.55. The van der Waals surface area contributed by atoms with Crippen LogP contribution in [0.1, 0.15) is 19.0 Å². The molecule has 1 saturated heterocycles. The van der Waals surface area contributed by atoms with Gasteiger partial charge in [-0.25, -0.2) is 0 Å². The standard InChI is InChI=1S/C18H23N3O2/c1-14(22)19-9-8-17-13-21(10-11-23-17)12-16-7-6-15-4-2-3-5-18(15)20-16/h2-7,17H,8-13H2,1H3,(H,19,22). The van der Waals surface area contributed by atoms with Gasteiger partial charge in [0.1, 0.15) is 0 Å². The summed E-state index contributed by atoms with van der Waals surface area (Å²) in [5, 5.41) is 4.00. The van der Waals surface area contributed by atoms with E-state index in [0.29, 0.717) is 6.54 Å². The van der Waals surface area contributed by atoms with Crippen molar-refractivity contribution in [3.63, 3.8) is 0 Å².